The first-order chi connectivity index (χ1) is 12.5. The van der Waals surface area contributed by atoms with Gasteiger partial charge >= 0.3 is 0 Å². The van der Waals surface area contributed by atoms with Crippen LogP contribution in [0.15, 0.2) is 47.9 Å². The van der Waals surface area contributed by atoms with Crippen molar-refractivity contribution in [1.29, 1.82) is 0 Å². The van der Waals surface area contributed by atoms with Crippen LogP contribution < -0.4 is 10.9 Å². The number of hydrazine groups is 1. The molecule has 3 aromatic rings. The van der Waals surface area contributed by atoms with E-state index < -0.39 is 5.91 Å². The molecule has 0 saturated carbocycles. The molecule has 2 heterocycles. The third-order valence-corrected chi connectivity index (χ3v) is 5.80. The second kappa shape index (κ2) is 8.07. The lowest BCUT2D eigenvalue weighted by molar-refractivity contribution is -0.117. The Labute approximate surface area is 159 Å². The number of carbonyl (C=O) groups is 2. The Bertz CT molecular complexity index is 958. The molecule has 0 aliphatic rings. The molecule has 5 nitrogen and oxygen atoms in total. The SMILES string of the molecule is Cc1ccsc1/C=C/C(=O)NNC(=O)c1sc(-c2ccccc2)nc1C. The Morgan fingerprint density at radius 1 is 1.08 bits per heavy atom. The van der Waals surface area contributed by atoms with Gasteiger partial charge in [-0.3, -0.25) is 20.4 Å². The number of benzene rings is 1. The van der Waals surface area contributed by atoms with Gasteiger partial charge in [-0.15, -0.1) is 22.7 Å². The number of carbonyl (C=O) groups excluding carboxylic acids is 2. The lowest BCUT2D eigenvalue weighted by atomic mass is 10.2. The number of amides is 2. The first kappa shape index (κ1) is 18.0. The molecule has 0 atom stereocenters. The van der Waals surface area contributed by atoms with Crippen molar-refractivity contribution >= 4 is 40.6 Å². The molecule has 0 fully saturated rings. The fourth-order valence-corrected chi connectivity index (χ4v) is 4.02. The number of thiophene rings is 1. The Kier molecular flexibility index (Phi) is 5.60. The van der Waals surface area contributed by atoms with Crippen LogP contribution >= 0.6 is 22.7 Å². The summed E-state index contributed by atoms with van der Waals surface area (Å²) in [5, 5.41) is 2.73. The van der Waals surface area contributed by atoms with E-state index in [0.717, 1.165) is 21.0 Å². The van der Waals surface area contributed by atoms with Crippen LogP contribution in [-0.2, 0) is 4.79 Å². The number of hydrogen-bond acceptors (Lipinski definition) is 5. The van der Waals surface area contributed by atoms with Crippen LogP contribution in [0.1, 0.15) is 25.8 Å². The molecule has 0 radical (unpaired) electrons. The second-order valence-corrected chi connectivity index (χ2v) is 7.49. The summed E-state index contributed by atoms with van der Waals surface area (Å²) in [6.07, 6.45) is 3.13. The van der Waals surface area contributed by atoms with E-state index in [0.29, 0.717) is 10.6 Å². The lowest BCUT2D eigenvalue weighted by Gasteiger charge is -2.03. The highest BCUT2D eigenvalue weighted by molar-refractivity contribution is 7.17. The topological polar surface area (TPSA) is 71.1 Å². The number of thiazole rings is 1. The molecule has 0 saturated heterocycles. The van der Waals surface area contributed by atoms with Gasteiger partial charge in [-0.25, -0.2) is 4.98 Å². The summed E-state index contributed by atoms with van der Waals surface area (Å²) in [7, 11) is 0. The molecule has 2 N–H and O–H groups in total. The molecular formula is C19H17N3O2S2. The molecule has 0 aliphatic carbocycles. The molecule has 2 aromatic heterocycles. The van der Waals surface area contributed by atoms with Gasteiger partial charge in [0.25, 0.3) is 11.8 Å². The van der Waals surface area contributed by atoms with Crippen molar-refractivity contribution in [2.45, 2.75) is 13.8 Å². The van der Waals surface area contributed by atoms with Crippen LogP contribution in [0.5, 0.6) is 0 Å². The van der Waals surface area contributed by atoms with Crippen LogP contribution in [0.25, 0.3) is 16.6 Å². The van der Waals surface area contributed by atoms with Gasteiger partial charge in [-0.2, -0.15) is 0 Å². The summed E-state index contributed by atoms with van der Waals surface area (Å²) in [5.41, 5.74) is 7.52. The highest BCUT2D eigenvalue weighted by atomic mass is 32.1. The quantitative estimate of drug-likeness (QED) is 0.529. The molecule has 0 aliphatic heterocycles. The molecule has 1 aromatic carbocycles. The summed E-state index contributed by atoms with van der Waals surface area (Å²) >= 11 is 2.85. The standard InChI is InChI=1S/C19H17N3O2S2/c1-12-10-11-25-15(12)8-9-16(23)21-22-18(24)17-13(2)20-19(26-17)14-6-4-3-5-7-14/h3-11H,1-2H3,(H,21,23)(H,22,24)/b9-8+. The molecule has 0 spiro atoms. The van der Waals surface area contributed by atoms with Crippen molar-refractivity contribution in [3.05, 3.63) is 68.9 Å². The molecule has 3 rings (SSSR count). The van der Waals surface area contributed by atoms with E-state index in [1.54, 1.807) is 24.3 Å². The maximum Gasteiger partial charge on any atom is 0.281 e. The zero-order chi connectivity index (χ0) is 18.5. The maximum atomic E-state index is 12.3. The molecule has 7 heteroatoms. The molecule has 132 valence electrons. The minimum atomic E-state index is -0.392. The molecular weight excluding hydrogens is 366 g/mol. The fraction of sp³-hybridized carbons (Fsp3) is 0.105. The van der Waals surface area contributed by atoms with Gasteiger partial charge in [0.2, 0.25) is 0 Å². The normalized spacial score (nSPS) is 10.8. The maximum absolute atomic E-state index is 12.3. The number of hydrogen-bond donors (Lipinski definition) is 2. The smallest absolute Gasteiger partial charge is 0.268 e. The van der Waals surface area contributed by atoms with E-state index in [-0.39, 0.29) is 5.91 Å². The predicted octanol–water partition coefficient (Wildman–Crippen LogP) is 3.96. The zero-order valence-electron chi connectivity index (χ0n) is 14.3. The summed E-state index contributed by atoms with van der Waals surface area (Å²) in [6.45, 7) is 3.76. The van der Waals surface area contributed by atoms with Gasteiger partial charge in [-0.1, -0.05) is 30.3 Å². The van der Waals surface area contributed by atoms with E-state index in [2.05, 4.69) is 15.8 Å². The number of nitrogens with one attached hydrogen (secondary N) is 2. The fourth-order valence-electron chi connectivity index (χ4n) is 2.23. The monoisotopic (exact) mass is 383 g/mol. The van der Waals surface area contributed by atoms with Crippen LogP contribution in [0.4, 0.5) is 0 Å². The highest BCUT2D eigenvalue weighted by Crippen LogP contribution is 2.27. The number of aryl methyl sites for hydroxylation is 2. The van der Waals surface area contributed by atoms with Gasteiger partial charge in [0, 0.05) is 16.5 Å². The highest BCUT2D eigenvalue weighted by Gasteiger charge is 2.16. The van der Waals surface area contributed by atoms with Crippen LogP contribution in [-0.4, -0.2) is 16.8 Å². The molecule has 2 amide bonds. The van der Waals surface area contributed by atoms with Crippen molar-refractivity contribution < 1.29 is 9.59 Å². The van der Waals surface area contributed by atoms with E-state index in [1.165, 1.54) is 17.4 Å². The Balaban J connectivity index is 1.62. The first-order valence-corrected chi connectivity index (χ1v) is 9.59. The Morgan fingerprint density at radius 3 is 2.54 bits per heavy atom. The number of nitrogens with zero attached hydrogens (tertiary/aromatic N) is 1. The van der Waals surface area contributed by atoms with E-state index >= 15 is 0 Å². The van der Waals surface area contributed by atoms with Gasteiger partial charge < -0.3 is 0 Å². The molecule has 26 heavy (non-hydrogen) atoms. The van der Waals surface area contributed by atoms with Gasteiger partial charge in [0.1, 0.15) is 9.88 Å². The van der Waals surface area contributed by atoms with Gasteiger partial charge in [-0.05, 0) is 36.9 Å². The molecule has 0 unspecified atom stereocenters. The van der Waals surface area contributed by atoms with Crippen molar-refractivity contribution in [1.82, 2.24) is 15.8 Å². The average Bonchev–Trinajstić information content (AvgIpc) is 3.24. The van der Waals surface area contributed by atoms with E-state index in [1.807, 2.05) is 48.7 Å². The van der Waals surface area contributed by atoms with Gasteiger partial charge in [0.15, 0.2) is 0 Å². The van der Waals surface area contributed by atoms with Gasteiger partial charge in [0.05, 0.1) is 5.69 Å². The average molecular weight is 383 g/mol. The van der Waals surface area contributed by atoms with Crippen molar-refractivity contribution in [3.8, 4) is 10.6 Å². The minimum Gasteiger partial charge on any atom is -0.268 e. The van der Waals surface area contributed by atoms with Crippen LogP contribution in [0, 0.1) is 13.8 Å². The third-order valence-electron chi connectivity index (χ3n) is 3.61. The minimum absolute atomic E-state index is 0.378. The van der Waals surface area contributed by atoms with E-state index in [9.17, 15) is 9.59 Å². The van der Waals surface area contributed by atoms with Crippen LogP contribution in [0.2, 0.25) is 0 Å². The van der Waals surface area contributed by atoms with Crippen molar-refractivity contribution in [2.24, 2.45) is 0 Å². The lowest BCUT2D eigenvalue weighted by Crippen LogP contribution is -2.40. The summed E-state index contributed by atoms with van der Waals surface area (Å²) in [6, 6.07) is 11.7. The van der Waals surface area contributed by atoms with Crippen molar-refractivity contribution in [3.63, 3.8) is 0 Å². The molecule has 0 bridgehead atoms. The Morgan fingerprint density at radius 2 is 1.85 bits per heavy atom. The third kappa shape index (κ3) is 4.25. The summed E-state index contributed by atoms with van der Waals surface area (Å²) in [5.74, 6) is -0.771. The second-order valence-electron chi connectivity index (χ2n) is 5.54. The zero-order valence-corrected chi connectivity index (χ0v) is 15.9. The predicted molar refractivity (Wildman–Crippen MR) is 106 cm³/mol. The van der Waals surface area contributed by atoms with E-state index in [4.69, 9.17) is 0 Å². The number of rotatable bonds is 4. The van der Waals surface area contributed by atoms with Crippen LogP contribution in [0.3, 0.4) is 0 Å². The van der Waals surface area contributed by atoms with Crippen molar-refractivity contribution in [2.75, 3.05) is 0 Å². The first-order valence-electron chi connectivity index (χ1n) is 7.90. The summed E-state index contributed by atoms with van der Waals surface area (Å²) < 4.78 is 0. The number of aromatic nitrogens is 1. The Hall–Kier alpha value is -2.77. The largest absolute Gasteiger partial charge is 0.281 e. The summed E-state index contributed by atoms with van der Waals surface area (Å²) in [4.78, 5) is 30.1.